The van der Waals surface area contributed by atoms with E-state index in [4.69, 9.17) is 10.5 Å². The molecule has 1 aromatic carbocycles. The Morgan fingerprint density at radius 3 is 2.58 bits per heavy atom. The number of aliphatic imine (C=N–C) groups is 1. The highest BCUT2D eigenvalue weighted by atomic mass is 127. The smallest absolute Gasteiger partial charge is 0.188 e. The molecule has 0 amide bonds. The van der Waals surface area contributed by atoms with Crippen molar-refractivity contribution in [1.29, 1.82) is 0 Å². The number of hydrogen-bond acceptors (Lipinski definition) is 3. The van der Waals surface area contributed by atoms with E-state index in [1.165, 1.54) is 0 Å². The summed E-state index contributed by atoms with van der Waals surface area (Å²) in [7, 11) is 0.691. The van der Waals surface area contributed by atoms with Crippen LogP contribution in [0.5, 0.6) is 0 Å². The van der Waals surface area contributed by atoms with Gasteiger partial charge in [0.1, 0.15) is 0 Å². The van der Waals surface area contributed by atoms with Crippen LogP contribution >= 0.6 is 24.0 Å². The van der Waals surface area contributed by atoms with Gasteiger partial charge in [-0.2, -0.15) is 0 Å². The van der Waals surface area contributed by atoms with E-state index in [1.807, 2.05) is 24.3 Å². The summed E-state index contributed by atoms with van der Waals surface area (Å²) in [5.74, 6) is 0.398. The molecular weight excluding hydrogens is 377 g/mol. The van der Waals surface area contributed by atoms with Gasteiger partial charge in [0.2, 0.25) is 0 Å². The number of rotatable bonds is 6. The molecule has 0 heterocycles. The molecule has 0 aromatic heterocycles. The molecule has 1 rings (SSSR count). The van der Waals surface area contributed by atoms with Gasteiger partial charge in [-0.25, -0.2) is 4.99 Å². The first-order valence-corrected chi connectivity index (χ1v) is 7.14. The van der Waals surface area contributed by atoms with Crippen LogP contribution in [0.2, 0.25) is 0 Å². The van der Waals surface area contributed by atoms with Gasteiger partial charge in [-0.3, -0.25) is 4.21 Å². The Balaban J connectivity index is 0.00000324. The Bertz CT molecular complexity index is 423. The van der Waals surface area contributed by atoms with Gasteiger partial charge < -0.3 is 15.8 Å². The zero-order valence-electron chi connectivity index (χ0n) is 11.1. The standard InChI is InChI=1S/C12H19N3O2S.HI/c1-17-8-7-14-12(13)15-9-10-3-5-11(6-4-10)18(2)16;/h3-6H,7-9H2,1-2H3,(H3,13,14,15);1H. The molecule has 0 aliphatic carbocycles. The van der Waals surface area contributed by atoms with E-state index in [-0.39, 0.29) is 24.0 Å². The minimum Gasteiger partial charge on any atom is -0.383 e. The largest absolute Gasteiger partial charge is 0.383 e. The number of halogens is 1. The van der Waals surface area contributed by atoms with Crippen LogP contribution in [0.15, 0.2) is 34.2 Å². The van der Waals surface area contributed by atoms with Gasteiger partial charge >= 0.3 is 0 Å². The maximum absolute atomic E-state index is 11.2. The Hall–Kier alpha value is -0.670. The minimum atomic E-state index is -0.942. The quantitative estimate of drug-likeness (QED) is 0.326. The highest BCUT2D eigenvalue weighted by molar-refractivity contribution is 14.0. The molecule has 5 nitrogen and oxygen atoms in total. The van der Waals surface area contributed by atoms with Crippen molar-refractivity contribution in [3.8, 4) is 0 Å². The van der Waals surface area contributed by atoms with E-state index in [0.29, 0.717) is 25.7 Å². The van der Waals surface area contributed by atoms with Crippen molar-refractivity contribution >= 4 is 40.7 Å². The van der Waals surface area contributed by atoms with Crippen LogP contribution in [0, 0.1) is 0 Å². The third-order valence-corrected chi connectivity index (χ3v) is 3.24. The second-order valence-corrected chi connectivity index (χ2v) is 5.10. The second-order valence-electron chi connectivity index (χ2n) is 3.72. The summed E-state index contributed by atoms with van der Waals surface area (Å²) in [6.07, 6.45) is 1.66. The van der Waals surface area contributed by atoms with Crippen molar-refractivity contribution in [3.05, 3.63) is 29.8 Å². The van der Waals surface area contributed by atoms with Gasteiger partial charge in [-0.15, -0.1) is 24.0 Å². The number of guanidine groups is 1. The van der Waals surface area contributed by atoms with Crippen LogP contribution in [0.3, 0.4) is 0 Å². The number of nitrogens with zero attached hydrogens (tertiary/aromatic N) is 1. The monoisotopic (exact) mass is 397 g/mol. The van der Waals surface area contributed by atoms with Gasteiger partial charge in [0.25, 0.3) is 0 Å². The van der Waals surface area contributed by atoms with Gasteiger partial charge in [0.15, 0.2) is 5.96 Å². The zero-order valence-corrected chi connectivity index (χ0v) is 14.2. The number of ether oxygens (including phenoxy) is 1. The van der Waals surface area contributed by atoms with Crippen LogP contribution in [0.25, 0.3) is 0 Å². The molecule has 0 radical (unpaired) electrons. The lowest BCUT2D eigenvalue weighted by molar-refractivity contribution is 0.204. The van der Waals surface area contributed by atoms with Gasteiger partial charge in [0.05, 0.1) is 13.2 Å². The Kier molecular flexibility index (Phi) is 9.80. The first-order chi connectivity index (χ1) is 8.63. The maximum Gasteiger partial charge on any atom is 0.188 e. The van der Waals surface area contributed by atoms with Crippen molar-refractivity contribution < 1.29 is 8.95 Å². The summed E-state index contributed by atoms with van der Waals surface area (Å²) < 4.78 is 16.1. The molecule has 0 spiro atoms. The SMILES string of the molecule is COCCNC(N)=NCc1ccc(S(C)=O)cc1.I. The van der Waals surface area contributed by atoms with Gasteiger partial charge in [0, 0.05) is 35.6 Å². The summed E-state index contributed by atoms with van der Waals surface area (Å²) in [6, 6.07) is 7.50. The Morgan fingerprint density at radius 1 is 1.42 bits per heavy atom. The molecule has 0 saturated heterocycles. The summed E-state index contributed by atoms with van der Waals surface area (Å²) in [4.78, 5) is 5.01. The first kappa shape index (κ1) is 18.3. The predicted molar refractivity (Wildman–Crippen MR) is 89.4 cm³/mol. The molecule has 7 heteroatoms. The molecule has 108 valence electrons. The molecule has 1 atom stereocenters. The number of methoxy groups -OCH3 is 1. The molecule has 3 N–H and O–H groups in total. The fourth-order valence-corrected chi connectivity index (χ4v) is 1.82. The fraction of sp³-hybridized carbons (Fsp3) is 0.417. The molecule has 0 aliphatic rings. The number of nitrogens with one attached hydrogen (secondary N) is 1. The lowest BCUT2D eigenvalue weighted by Gasteiger charge is -2.04. The molecule has 1 unspecified atom stereocenters. The molecule has 19 heavy (non-hydrogen) atoms. The van der Waals surface area contributed by atoms with E-state index < -0.39 is 10.8 Å². The topological polar surface area (TPSA) is 76.7 Å². The third-order valence-electron chi connectivity index (χ3n) is 2.30. The predicted octanol–water partition coefficient (Wildman–Crippen LogP) is 1.09. The van der Waals surface area contributed by atoms with E-state index >= 15 is 0 Å². The van der Waals surface area contributed by atoms with E-state index in [1.54, 1.807) is 13.4 Å². The number of benzene rings is 1. The lowest BCUT2D eigenvalue weighted by atomic mass is 10.2. The molecule has 0 fully saturated rings. The lowest BCUT2D eigenvalue weighted by Crippen LogP contribution is -2.34. The fourth-order valence-electron chi connectivity index (χ4n) is 1.30. The number of nitrogens with two attached hydrogens (primary N) is 1. The molecular formula is C12H20IN3O2S. The van der Waals surface area contributed by atoms with Crippen LogP contribution in [-0.2, 0) is 22.1 Å². The first-order valence-electron chi connectivity index (χ1n) is 5.58. The Labute approximate surface area is 133 Å². The van der Waals surface area contributed by atoms with Crippen LogP contribution < -0.4 is 11.1 Å². The van der Waals surface area contributed by atoms with Crippen molar-refractivity contribution in [2.45, 2.75) is 11.4 Å². The van der Waals surface area contributed by atoms with E-state index in [2.05, 4.69) is 10.3 Å². The van der Waals surface area contributed by atoms with Crippen molar-refractivity contribution in [3.63, 3.8) is 0 Å². The van der Waals surface area contributed by atoms with E-state index in [9.17, 15) is 4.21 Å². The highest BCUT2D eigenvalue weighted by Crippen LogP contribution is 2.08. The number of hydrogen-bond donors (Lipinski definition) is 2. The van der Waals surface area contributed by atoms with Crippen LogP contribution in [0.1, 0.15) is 5.56 Å². The van der Waals surface area contributed by atoms with Crippen molar-refractivity contribution in [1.82, 2.24) is 5.32 Å². The Morgan fingerprint density at radius 2 is 2.05 bits per heavy atom. The van der Waals surface area contributed by atoms with Crippen LogP contribution in [-0.4, -0.2) is 36.7 Å². The molecule has 0 bridgehead atoms. The minimum absolute atomic E-state index is 0. The van der Waals surface area contributed by atoms with Gasteiger partial charge in [-0.05, 0) is 17.7 Å². The third kappa shape index (κ3) is 7.48. The van der Waals surface area contributed by atoms with Crippen molar-refractivity contribution in [2.24, 2.45) is 10.7 Å². The average Bonchev–Trinajstić information content (AvgIpc) is 2.37. The molecule has 0 saturated carbocycles. The summed E-state index contributed by atoms with van der Waals surface area (Å²) in [6.45, 7) is 1.73. The van der Waals surface area contributed by atoms with Crippen molar-refractivity contribution in [2.75, 3.05) is 26.5 Å². The average molecular weight is 397 g/mol. The summed E-state index contributed by atoms with van der Waals surface area (Å²) in [5.41, 5.74) is 6.70. The second kappa shape index (κ2) is 10.2. The zero-order chi connectivity index (χ0) is 13.4. The highest BCUT2D eigenvalue weighted by Gasteiger charge is 1.97. The maximum atomic E-state index is 11.2. The summed E-state index contributed by atoms with van der Waals surface area (Å²) in [5, 5.41) is 2.94. The normalized spacial score (nSPS) is 12.6. The summed E-state index contributed by atoms with van der Waals surface area (Å²) >= 11 is 0. The van der Waals surface area contributed by atoms with E-state index in [0.717, 1.165) is 10.5 Å². The molecule has 1 aromatic rings. The van der Waals surface area contributed by atoms with Crippen LogP contribution in [0.4, 0.5) is 0 Å². The van der Waals surface area contributed by atoms with Gasteiger partial charge in [-0.1, -0.05) is 12.1 Å². The molecule has 0 aliphatic heterocycles.